The summed E-state index contributed by atoms with van der Waals surface area (Å²) in [5, 5.41) is 19.5. The van der Waals surface area contributed by atoms with Crippen LogP contribution in [0.2, 0.25) is 0 Å². The summed E-state index contributed by atoms with van der Waals surface area (Å²) in [4.78, 5) is 23.1. The topological polar surface area (TPSA) is 97.1 Å². The fraction of sp³-hybridized carbons (Fsp3) is 0.667. The number of nitrogens with zero attached hydrogens (tertiary/aromatic N) is 3. The molecule has 0 bridgehead atoms. The van der Waals surface area contributed by atoms with Gasteiger partial charge in [0.25, 0.3) is 0 Å². The molecule has 0 spiro atoms. The van der Waals surface area contributed by atoms with E-state index in [1.54, 1.807) is 17.1 Å². The highest BCUT2D eigenvalue weighted by Gasteiger charge is 2.42. The molecule has 1 aromatic heterocycles. The largest absolute Gasteiger partial charge is 0.481 e. The molecule has 1 saturated carbocycles. The van der Waals surface area contributed by atoms with Crippen molar-refractivity contribution in [1.29, 1.82) is 0 Å². The summed E-state index contributed by atoms with van der Waals surface area (Å²) in [6.07, 6.45) is 6.32. The number of nitrogens with one attached hydrogen (secondary N) is 1. The lowest BCUT2D eigenvalue weighted by molar-refractivity contribution is -0.151. The predicted octanol–water partition coefficient (Wildman–Crippen LogP) is 0.429. The van der Waals surface area contributed by atoms with E-state index in [2.05, 4.69) is 15.6 Å². The maximum atomic E-state index is 11.8. The summed E-state index contributed by atoms with van der Waals surface area (Å²) in [6, 6.07) is 0. The third kappa shape index (κ3) is 3.30. The average molecular weight is 266 g/mol. The molecule has 0 radical (unpaired) electrons. The maximum absolute atomic E-state index is 11.8. The van der Waals surface area contributed by atoms with E-state index in [0.29, 0.717) is 25.9 Å². The highest BCUT2D eigenvalue weighted by molar-refractivity contribution is 5.85. The standard InChI is InChI=1S/C12H18N4O3/c17-10(13-5-7-16-8-6-14-15-16)9-12(11(18)19)3-1-2-4-12/h6,8H,1-5,7,9H2,(H,13,17)(H,18,19). The van der Waals surface area contributed by atoms with Crippen molar-refractivity contribution in [1.82, 2.24) is 20.3 Å². The molecule has 2 N–H and O–H groups in total. The first-order valence-electron chi connectivity index (χ1n) is 6.47. The van der Waals surface area contributed by atoms with Crippen LogP contribution in [0.4, 0.5) is 0 Å². The van der Waals surface area contributed by atoms with E-state index < -0.39 is 11.4 Å². The van der Waals surface area contributed by atoms with Gasteiger partial charge < -0.3 is 10.4 Å². The molecule has 1 aliphatic carbocycles. The first-order chi connectivity index (χ1) is 9.12. The lowest BCUT2D eigenvalue weighted by Gasteiger charge is -2.22. The summed E-state index contributed by atoms with van der Waals surface area (Å²) in [7, 11) is 0. The third-order valence-electron chi connectivity index (χ3n) is 3.65. The van der Waals surface area contributed by atoms with Crippen molar-refractivity contribution in [2.24, 2.45) is 5.41 Å². The molecule has 104 valence electrons. The fourth-order valence-corrected chi connectivity index (χ4v) is 2.55. The summed E-state index contributed by atoms with van der Waals surface area (Å²) >= 11 is 0. The Kier molecular flexibility index (Phi) is 4.13. The number of aromatic nitrogens is 3. The van der Waals surface area contributed by atoms with Gasteiger partial charge in [-0.3, -0.25) is 14.3 Å². The molecule has 1 fully saturated rings. The minimum absolute atomic E-state index is 0.0691. The lowest BCUT2D eigenvalue weighted by Crippen LogP contribution is -2.36. The van der Waals surface area contributed by atoms with Crippen LogP contribution in [-0.2, 0) is 16.1 Å². The summed E-state index contributed by atoms with van der Waals surface area (Å²) in [5.74, 6) is -1.05. The second-order valence-corrected chi connectivity index (χ2v) is 4.99. The highest BCUT2D eigenvalue weighted by atomic mass is 16.4. The molecule has 1 amide bonds. The van der Waals surface area contributed by atoms with Gasteiger partial charge in [-0.2, -0.15) is 0 Å². The van der Waals surface area contributed by atoms with E-state index in [1.807, 2.05) is 0 Å². The first-order valence-corrected chi connectivity index (χ1v) is 6.47. The lowest BCUT2D eigenvalue weighted by atomic mass is 9.82. The molecule has 0 aromatic carbocycles. The van der Waals surface area contributed by atoms with Gasteiger partial charge in [0.15, 0.2) is 0 Å². The normalized spacial score (nSPS) is 17.3. The molecule has 7 nitrogen and oxygen atoms in total. The highest BCUT2D eigenvalue weighted by Crippen LogP contribution is 2.41. The number of carbonyl (C=O) groups excluding carboxylic acids is 1. The van der Waals surface area contributed by atoms with Gasteiger partial charge >= 0.3 is 5.97 Å². The molecule has 1 aromatic rings. The molecule has 0 atom stereocenters. The van der Waals surface area contributed by atoms with Gasteiger partial charge in [-0.1, -0.05) is 18.1 Å². The maximum Gasteiger partial charge on any atom is 0.310 e. The van der Waals surface area contributed by atoms with E-state index in [-0.39, 0.29) is 12.3 Å². The third-order valence-corrected chi connectivity index (χ3v) is 3.65. The van der Waals surface area contributed by atoms with Crippen molar-refractivity contribution >= 4 is 11.9 Å². The van der Waals surface area contributed by atoms with Crippen molar-refractivity contribution in [3.05, 3.63) is 12.4 Å². The van der Waals surface area contributed by atoms with E-state index in [1.165, 1.54) is 0 Å². The van der Waals surface area contributed by atoms with Crippen LogP contribution in [0.5, 0.6) is 0 Å². The Balaban J connectivity index is 1.78. The molecule has 0 aliphatic heterocycles. The Hall–Kier alpha value is -1.92. The number of carbonyl (C=O) groups is 2. The van der Waals surface area contributed by atoms with Crippen LogP contribution >= 0.6 is 0 Å². The van der Waals surface area contributed by atoms with Gasteiger partial charge in [0, 0.05) is 19.2 Å². The molecule has 1 aliphatic rings. The Morgan fingerprint density at radius 2 is 2.11 bits per heavy atom. The monoisotopic (exact) mass is 266 g/mol. The number of hydrogen-bond donors (Lipinski definition) is 2. The van der Waals surface area contributed by atoms with Crippen LogP contribution in [0.25, 0.3) is 0 Å². The van der Waals surface area contributed by atoms with Gasteiger partial charge in [-0.15, -0.1) is 5.10 Å². The Morgan fingerprint density at radius 1 is 1.37 bits per heavy atom. The zero-order valence-electron chi connectivity index (χ0n) is 10.7. The second-order valence-electron chi connectivity index (χ2n) is 4.99. The van der Waals surface area contributed by atoms with Crippen LogP contribution in [0.3, 0.4) is 0 Å². The van der Waals surface area contributed by atoms with Crippen LogP contribution in [0, 0.1) is 5.41 Å². The van der Waals surface area contributed by atoms with E-state index in [0.717, 1.165) is 12.8 Å². The van der Waals surface area contributed by atoms with Gasteiger partial charge in [-0.05, 0) is 12.8 Å². The molecule has 7 heteroatoms. The molecule has 2 rings (SSSR count). The smallest absolute Gasteiger partial charge is 0.310 e. The summed E-state index contributed by atoms with van der Waals surface area (Å²) < 4.78 is 1.61. The number of amides is 1. The number of rotatable bonds is 6. The Morgan fingerprint density at radius 3 is 2.68 bits per heavy atom. The SMILES string of the molecule is O=C(CC1(C(=O)O)CCCC1)NCCn1ccnn1. The minimum Gasteiger partial charge on any atom is -0.481 e. The van der Waals surface area contributed by atoms with Crippen molar-refractivity contribution in [2.45, 2.75) is 38.6 Å². The number of carboxylic acid groups (broad SMARTS) is 1. The molecular formula is C12H18N4O3. The van der Waals surface area contributed by atoms with Crippen molar-refractivity contribution in [2.75, 3.05) is 6.54 Å². The molecule has 0 saturated heterocycles. The van der Waals surface area contributed by atoms with E-state index >= 15 is 0 Å². The van der Waals surface area contributed by atoms with Gasteiger partial charge in [-0.25, -0.2) is 0 Å². The molecule has 19 heavy (non-hydrogen) atoms. The number of carboxylic acids is 1. The fourth-order valence-electron chi connectivity index (χ4n) is 2.55. The number of hydrogen-bond acceptors (Lipinski definition) is 4. The van der Waals surface area contributed by atoms with Gasteiger partial charge in [0.05, 0.1) is 18.2 Å². The zero-order chi connectivity index (χ0) is 13.7. The van der Waals surface area contributed by atoms with Crippen LogP contribution < -0.4 is 5.32 Å². The first kappa shape index (κ1) is 13.5. The van der Waals surface area contributed by atoms with Crippen molar-refractivity contribution in [3.8, 4) is 0 Å². The second kappa shape index (κ2) is 5.81. The zero-order valence-corrected chi connectivity index (χ0v) is 10.7. The van der Waals surface area contributed by atoms with Gasteiger partial charge in [0.2, 0.25) is 5.91 Å². The van der Waals surface area contributed by atoms with Crippen molar-refractivity contribution < 1.29 is 14.7 Å². The summed E-state index contributed by atoms with van der Waals surface area (Å²) in [5.41, 5.74) is -0.850. The average Bonchev–Trinajstić information content (AvgIpc) is 3.00. The Bertz CT molecular complexity index is 438. The molecule has 0 unspecified atom stereocenters. The van der Waals surface area contributed by atoms with E-state index in [4.69, 9.17) is 0 Å². The van der Waals surface area contributed by atoms with E-state index in [9.17, 15) is 14.7 Å². The van der Waals surface area contributed by atoms with Crippen molar-refractivity contribution in [3.63, 3.8) is 0 Å². The quantitative estimate of drug-likeness (QED) is 0.778. The Labute approximate surface area is 111 Å². The molecule has 1 heterocycles. The van der Waals surface area contributed by atoms with Crippen LogP contribution in [0.15, 0.2) is 12.4 Å². The minimum atomic E-state index is -0.851. The van der Waals surface area contributed by atoms with Gasteiger partial charge in [0.1, 0.15) is 0 Å². The molecular weight excluding hydrogens is 248 g/mol. The predicted molar refractivity (Wildman–Crippen MR) is 66.2 cm³/mol. The van der Waals surface area contributed by atoms with Crippen LogP contribution in [0.1, 0.15) is 32.1 Å². The summed E-state index contributed by atoms with van der Waals surface area (Å²) in [6.45, 7) is 0.962. The number of aliphatic carboxylic acids is 1. The van der Waals surface area contributed by atoms with Crippen LogP contribution in [-0.4, -0.2) is 38.5 Å².